The fraction of sp³-hybridized carbons (Fsp3) is 0.500. The van der Waals surface area contributed by atoms with Gasteiger partial charge >= 0.3 is 0 Å². The number of benzene rings is 1. The van der Waals surface area contributed by atoms with Crippen LogP contribution < -0.4 is 10.1 Å². The van der Waals surface area contributed by atoms with Crippen LogP contribution in [0.3, 0.4) is 0 Å². The summed E-state index contributed by atoms with van der Waals surface area (Å²) in [5, 5.41) is 3.31. The number of methoxy groups -OCH3 is 1. The standard InChI is InChI=1S/C14H19BrN2O2/c1-19-14-3-2-11(15)10-12(14)13(18)4-7-17-8-5-16-6-9-17/h2-3,10,16H,4-9H2,1H3. The van der Waals surface area contributed by atoms with Gasteiger partial charge in [0, 0.05) is 43.6 Å². The van der Waals surface area contributed by atoms with Crippen molar-refractivity contribution in [3.05, 3.63) is 28.2 Å². The molecule has 0 bridgehead atoms. The van der Waals surface area contributed by atoms with Gasteiger partial charge in [0.25, 0.3) is 0 Å². The predicted octanol–water partition coefficient (Wildman–Crippen LogP) is 1.94. The molecule has 0 aromatic heterocycles. The molecule has 1 aliphatic rings. The Balaban J connectivity index is 1.97. The van der Waals surface area contributed by atoms with Crippen molar-refractivity contribution in [2.45, 2.75) is 6.42 Å². The van der Waals surface area contributed by atoms with Crippen LogP contribution in [0.15, 0.2) is 22.7 Å². The first-order valence-corrected chi connectivity index (χ1v) is 7.30. The summed E-state index contributed by atoms with van der Waals surface area (Å²) in [6, 6.07) is 5.53. The van der Waals surface area contributed by atoms with Crippen LogP contribution in [0.2, 0.25) is 0 Å². The fourth-order valence-electron chi connectivity index (χ4n) is 2.23. The molecule has 0 atom stereocenters. The van der Waals surface area contributed by atoms with Crippen molar-refractivity contribution in [1.82, 2.24) is 10.2 Å². The highest BCUT2D eigenvalue weighted by Crippen LogP contribution is 2.24. The number of piperazine rings is 1. The zero-order chi connectivity index (χ0) is 13.7. The summed E-state index contributed by atoms with van der Waals surface area (Å²) < 4.78 is 6.15. The van der Waals surface area contributed by atoms with E-state index < -0.39 is 0 Å². The molecule has 1 N–H and O–H groups in total. The Morgan fingerprint density at radius 3 is 2.84 bits per heavy atom. The van der Waals surface area contributed by atoms with Gasteiger partial charge < -0.3 is 15.0 Å². The van der Waals surface area contributed by atoms with E-state index in [0.717, 1.165) is 37.2 Å². The van der Waals surface area contributed by atoms with Crippen molar-refractivity contribution in [3.8, 4) is 5.75 Å². The van der Waals surface area contributed by atoms with Gasteiger partial charge in [-0.15, -0.1) is 0 Å². The highest BCUT2D eigenvalue weighted by atomic mass is 79.9. The average molecular weight is 327 g/mol. The molecule has 1 aromatic carbocycles. The van der Waals surface area contributed by atoms with Gasteiger partial charge in [0.2, 0.25) is 0 Å². The van der Waals surface area contributed by atoms with Crippen LogP contribution in [0, 0.1) is 0 Å². The minimum absolute atomic E-state index is 0.136. The third kappa shape index (κ3) is 4.03. The molecule has 0 unspecified atom stereocenters. The van der Waals surface area contributed by atoms with Gasteiger partial charge in [-0.05, 0) is 18.2 Å². The number of rotatable bonds is 5. The van der Waals surface area contributed by atoms with E-state index in [1.54, 1.807) is 7.11 Å². The first-order valence-electron chi connectivity index (χ1n) is 6.50. The number of carbonyl (C=O) groups excluding carboxylic acids is 1. The normalized spacial score (nSPS) is 16.3. The smallest absolute Gasteiger partial charge is 0.167 e. The number of hydrogen-bond donors (Lipinski definition) is 1. The predicted molar refractivity (Wildman–Crippen MR) is 79.0 cm³/mol. The lowest BCUT2D eigenvalue weighted by molar-refractivity contribution is 0.0957. The number of ether oxygens (including phenoxy) is 1. The highest BCUT2D eigenvalue weighted by Gasteiger charge is 2.15. The Kier molecular flexibility index (Phi) is 5.36. The summed E-state index contributed by atoms with van der Waals surface area (Å²) in [4.78, 5) is 14.6. The molecule has 0 radical (unpaired) electrons. The Labute approximate surface area is 122 Å². The number of halogens is 1. The van der Waals surface area contributed by atoms with E-state index in [9.17, 15) is 4.79 Å². The molecule has 1 aromatic rings. The maximum atomic E-state index is 12.3. The van der Waals surface area contributed by atoms with Gasteiger partial charge in [0.15, 0.2) is 5.78 Å². The molecular weight excluding hydrogens is 308 g/mol. The van der Waals surface area contributed by atoms with Crippen molar-refractivity contribution in [3.63, 3.8) is 0 Å². The first-order chi connectivity index (χ1) is 9.20. The second kappa shape index (κ2) is 7.03. The van der Waals surface area contributed by atoms with E-state index in [1.807, 2.05) is 18.2 Å². The molecule has 0 spiro atoms. The van der Waals surface area contributed by atoms with Crippen LogP contribution in [-0.4, -0.2) is 50.5 Å². The second-order valence-corrected chi connectivity index (χ2v) is 5.53. The van der Waals surface area contributed by atoms with Gasteiger partial charge in [0.1, 0.15) is 5.75 Å². The first kappa shape index (κ1) is 14.5. The lowest BCUT2D eigenvalue weighted by Crippen LogP contribution is -2.44. The minimum Gasteiger partial charge on any atom is -0.496 e. The van der Waals surface area contributed by atoms with Gasteiger partial charge in [0.05, 0.1) is 12.7 Å². The maximum Gasteiger partial charge on any atom is 0.167 e. The summed E-state index contributed by atoms with van der Waals surface area (Å²) in [5.41, 5.74) is 0.659. The fourth-order valence-corrected chi connectivity index (χ4v) is 2.59. The molecular formula is C14H19BrN2O2. The number of hydrogen-bond acceptors (Lipinski definition) is 4. The zero-order valence-electron chi connectivity index (χ0n) is 11.1. The molecule has 4 nitrogen and oxygen atoms in total. The summed E-state index contributed by atoms with van der Waals surface area (Å²) >= 11 is 3.40. The van der Waals surface area contributed by atoms with E-state index in [0.29, 0.717) is 17.7 Å². The zero-order valence-corrected chi connectivity index (χ0v) is 12.7. The van der Waals surface area contributed by atoms with Crippen molar-refractivity contribution in [2.24, 2.45) is 0 Å². The van der Waals surface area contributed by atoms with Crippen LogP contribution in [0.4, 0.5) is 0 Å². The topological polar surface area (TPSA) is 41.6 Å². The van der Waals surface area contributed by atoms with E-state index >= 15 is 0 Å². The largest absolute Gasteiger partial charge is 0.496 e. The lowest BCUT2D eigenvalue weighted by atomic mass is 10.1. The molecule has 1 heterocycles. The van der Waals surface area contributed by atoms with E-state index in [1.165, 1.54) is 0 Å². The van der Waals surface area contributed by atoms with Gasteiger partial charge in [-0.3, -0.25) is 4.79 Å². The second-order valence-electron chi connectivity index (χ2n) is 4.61. The third-order valence-corrected chi connectivity index (χ3v) is 3.82. The van der Waals surface area contributed by atoms with Crippen molar-refractivity contribution >= 4 is 21.7 Å². The Hall–Kier alpha value is -0.910. The minimum atomic E-state index is 0.136. The number of carbonyl (C=O) groups is 1. The molecule has 0 amide bonds. The van der Waals surface area contributed by atoms with Crippen molar-refractivity contribution < 1.29 is 9.53 Å². The molecule has 104 valence electrons. The summed E-state index contributed by atoms with van der Waals surface area (Å²) in [5.74, 6) is 0.783. The van der Waals surface area contributed by atoms with E-state index in [4.69, 9.17) is 4.74 Å². The van der Waals surface area contributed by atoms with Crippen LogP contribution in [0.25, 0.3) is 0 Å². The SMILES string of the molecule is COc1ccc(Br)cc1C(=O)CCN1CCNCC1. The molecule has 0 aliphatic carbocycles. The summed E-state index contributed by atoms with van der Waals surface area (Å²) in [6.45, 7) is 4.87. The lowest BCUT2D eigenvalue weighted by Gasteiger charge is -2.26. The number of Topliss-reactive ketones (excluding diaryl/α,β-unsaturated/α-hetero) is 1. The molecule has 1 aliphatic heterocycles. The van der Waals surface area contributed by atoms with Crippen molar-refractivity contribution in [2.75, 3.05) is 39.8 Å². The van der Waals surface area contributed by atoms with Crippen LogP contribution in [0.1, 0.15) is 16.8 Å². The average Bonchev–Trinajstić information content (AvgIpc) is 2.46. The van der Waals surface area contributed by atoms with Crippen LogP contribution >= 0.6 is 15.9 Å². The molecule has 0 saturated carbocycles. The maximum absolute atomic E-state index is 12.3. The van der Waals surface area contributed by atoms with Gasteiger partial charge in [-0.25, -0.2) is 0 Å². The highest BCUT2D eigenvalue weighted by molar-refractivity contribution is 9.10. The van der Waals surface area contributed by atoms with E-state index in [2.05, 4.69) is 26.1 Å². The Bertz CT molecular complexity index is 445. The summed E-state index contributed by atoms with van der Waals surface area (Å²) in [6.07, 6.45) is 0.535. The molecule has 19 heavy (non-hydrogen) atoms. The quantitative estimate of drug-likeness (QED) is 0.839. The third-order valence-electron chi connectivity index (χ3n) is 3.33. The molecule has 1 fully saturated rings. The Morgan fingerprint density at radius 2 is 2.16 bits per heavy atom. The van der Waals surface area contributed by atoms with Crippen molar-refractivity contribution in [1.29, 1.82) is 0 Å². The number of nitrogens with zero attached hydrogens (tertiary/aromatic N) is 1. The number of ketones is 1. The van der Waals surface area contributed by atoms with Crippen LogP contribution in [0.5, 0.6) is 5.75 Å². The molecule has 1 saturated heterocycles. The summed E-state index contributed by atoms with van der Waals surface area (Å²) in [7, 11) is 1.59. The Morgan fingerprint density at radius 1 is 1.42 bits per heavy atom. The van der Waals surface area contributed by atoms with Gasteiger partial charge in [-0.1, -0.05) is 15.9 Å². The van der Waals surface area contributed by atoms with Crippen LogP contribution in [-0.2, 0) is 0 Å². The van der Waals surface area contributed by atoms with E-state index in [-0.39, 0.29) is 5.78 Å². The molecule has 2 rings (SSSR count). The monoisotopic (exact) mass is 326 g/mol. The van der Waals surface area contributed by atoms with Gasteiger partial charge in [-0.2, -0.15) is 0 Å². The number of nitrogens with one attached hydrogen (secondary N) is 1. The molecule has 5 heteroatoms.